The van der Waals surface area contributed by atoms with Gasteiger partial charge in [-0.05, 0) is 26.3 Å². The number of rotatable bonds is 3. The highest BCUT2D eigenvalue weighted by Crippen LogP contribution is 2.21. The number of hydrogen-bond donors (Lipinski definition) is 0. The van der Waals surface area contributed by atoms with Gasteiger partial charge in [-0.3, -0.25) is 14.4 Å². The Kier molecular flexibility index (Phi) is 3.99. The van der Waals surface area contributed by atoms with Crippen LogP contribution in [0.15, 0.2) is 12.4 Å². The van der Waals surface area contributed by atoms with Crippen LogP contribution in [0.25, 0.3) is 0 Å². The highest BCUT2D eigenvalue weighted by atomic mass is 16.5. The normalized spacial score (nSPS) is 27.7. The van der Waals surface area contributed by atoms with Crippen LogP contribution in [0.4, 0.5) is 0 Å². The van der Waals surface area contributed by atoms with Gasteiger partial charge in [0.05, 0.1) is 31.0 Å². The van der Waals surface area contributed by atoms with E-state index >= 15 is 0 Å². The topological polar surface area (TPSA) is 50.6 Å². The minimum atomic E-state index is 0.133. The van der Waals surface area contributed by atoms with Gasteiger partial charge in [-0.15, -0.1) is 0 Å². The van der Waals surface area contributed by atoms with Crippen molar-refractivity contribution in [2.45, 2.75) is 39.0 Å². The van der Waals surface area contributed by atoms with Crippen LogP contribution < -0.4 is 0 Å². The lowest BCUT2D eigenvalue weighted by atomic mass is 10.1. The van der Waals surface area contributed by atoms with Crippen molar-refractivity contribution >= 4 is 5.91 Å². The molecule has 3 heterocycles. The lowest BCUT2D eigenvalue weighted by molar-refractivity contribution is -0.145. The van der Waals surface area contributed by atoms with Crippen molar-refractivity contribution in [2.75, 3.05) is 32.7 Å². The van der Waals surface area contributed by atoms with Crippen LogP contribution in [0.3, 0.4) is 0 Å². The maximum atomic E-state index is 12.3. The van der Waals surface area contributed by atoms with Crippen molar-refractivity contribution < 1.29 is 9.53 Å². The molecule has 0 bridgehead atoms. The van der Waals surface area contributed by atoms with Crippen molar-refractivity contribution in [3.8, 4) is 0 Å². The summed E-state index contributed by atoms with van der Waals surface area (Å²) in [5.41, 5.74) is 1.18. The third-order valence-electron chi connectivity index (χ3n) is 4.17. The summed E-state index contributed by atoms with van der Waals surface area (Å²) in [4.78, 5) is 16.5. The van der Waals surface area contributed by atoms with Crippen molar-refractivity contribution in [3.63, 3.8) is 0 Å². The van der Waals surface area contributed by atoms with Crippen LogP contribution in [-0.4, -0.2) is 70.4 Å². The number of hydrogen-bond acceptors (Lipinski definition) is 4. The van der Waals surface area contributed by atoms with Gasteiger partial charge in [0.1, 0.15) is 0 Å². The number of nitrogens with zero attached hydrogens (tertiary/aromatic N) is 4. The second kappa shape index (κ2) is 5.77. The fourth-order valence-corrected chi connectivity index (χ4v) is 3.14. The Balaban J connectivity index is 1.47. The summed E-state index contributed by atoms with van der Waals surface area (Å²) in [7, 11) is 0. The average molecular weight is 292 g/mol. The van der Waals surface area contributed by atoms with E-state index in [4.69, 9.17) is 4.74 Å². The van der Waals surface area contributed by atoms with Gasteiger partial charge in [-0.2, -0.15) is 5.10 Å². The van der Waals surface area contributed by atoms with E-state index in [0.717, 1.165) is 13.1 Å². The number of carbonyl (C=O) groups is 1. The third-order valence-corrected chi connectivity index (χ3v) is 4.17. The maximum absolute atomic E-state index is 12.3. The fourth-order valence-electron chi connectivity index (χ4n) is 3.14. The Morgan fingerprint density at radius 1 is 1.29 bits per heavy atom. The Morgan fingerprint density at radius 2 is 1.95 bits per heavy atom. The molecule has 1 amide bonds. The summed E-state index contributed by atoms with van der Waals surface area (Å²) in [6.07, 6.45) is 4.21. The van der Waals surface area contributed by atoms with Gasteiger partial charge in [0.2, 0.25) is 5.91 Å². The standard InChI is InChI=1S/C15H24N4O2/c1-11-4-16-19(5-11)14-8-17(9-14)10-15(20)18-6-12(2)21-13(3)7-18/h4-5,12-14H,6-10H2,1-3H3. The molecule has 2 unspecified atom stereocenters. The third kappa shape index (κ3) is 3.27. The van der Waals surface area contributed by atoms with Crippen LogP contribution in [0, 0.1) is 6.92 Å². The highest BCUT2D eigenvalue weighted by molar-refractivity contribution is 5.78. The molecule has 3 rings (SSSR count). The molecule has 1 aromatic rings. The van der Waals surface area contributed by atoms with E-state index < -0.39 is 0 Å². The Hall–Kier alpha value is -1.40. The van der Waals surface area contributed by atoms with E-state index in [1.165, 1.54) is 5.56 Å². The first kappa shape index (κ1) is 14.5. The monoisotopic (exact) mass is 292 g/mol. The number of likely N-dealkylation sites (tertiary alicyclic amines) is 1. The van der Waals surface area contributed by atoms with Crippen LogP contribution in [0.5, 0.6) is 0 Å². The maximum Gasteiger partial charge on any atom is 0.236 e. The summed E-state index contributed by atoms with van der Waals surface area (Å²) >= 11 is 0. The van der Waals surface area contributed by atoms with Crippen LogP contribution in [0.1, 0.15) is 25.5 Å². The molecular weight excluding hydrogens is 268 g/mol. The summed E-state index contributed by atoms with van der Waals surface area (Å²) < 4.78 is 7.68. The molecule has 6 heteroatoms. The molecule has 0 radical (unpaired) electrons. The summed E-state index contributed by atoms with van der Waals surface area (Å²) in [6.45, 7) is 9.83. The molecule has 0 aromatic carbocycles. The Morgan fingerprint density at radius 3 is 2.52 bits per heavy atom. The van der Waals surface area contributed by atoms with E-state index in [1.54, 1.807) is 0 Å². The van der Waals surface area contributed by atoms with Gasteiger partial charge in [0, 0.05) is 32.4 Å². The second-order valence-corrected chi connectivity index (χ2v) is 6.40. The number of aryl methyl sites for hydroxylation is 1. The zero-order chi connectivity index (χ0) is 15.0. The molecule has 0 spiro atoms. The number of amides is 1. The first-order chi connectivity index (χ1) is 10.0. The highest BCUT2D eigenvalue weighted by Gasteiger charge is 2.32. The van der Waals surface area contributed by atoms with Gasteiger partial charge < -0.3 is 9.64 Å². The molecule has 2 atom stereocenters. The summed E-state index contributed by atoms with van der Waals surface area (Å²) in [5, 5.41) is 4.34. The minimum Gasteiger partial charge on any atom is -0.372 e. The van der Waals surface area contributed by atoms with Gasteiger partial charge in [-0.25, -0.2) is 0 Å². The van der Waals surface area contributed by atoms with E-state index in [0.29, 0.717) is 25.7 Å². The molecule has 1 aromatic heterocycles. The van der Waals surface area contributed by atoms with Crippen LogP contribution >= 0.6 is 0 Å². The lowest BCUT2D eigenvalue weighted by Crippen LogP contribution is -2.55. The number of morpholine rings is 1. The zero-order valence-corrected chi connectivity index (χ0v) is 13.0. The molecule has 0 saturated carbocycles. The van der Waals surface area contributed by atoms with Crippen molar-refractivity contribution in [3.05, 3.63) is 18.0 Å². The van der Waals surface area contributed by atoms with Crippen molar-refractivity contribution in [2.24, 2.45) is 0 Å². The van der Waals surface area contributed by atoms with Crippen molar-refractivity contribution in [1.29, 1.82) is 0 Å². The molecule has 0 aliphatic carbocycles. The quantitative estimate of drug-likeness (QED) is 0.822. The number of ether oxygens (including phenoxy) is 1. The molecule has 21 heavy (non-hydrogen) atoms. The molecule has 2 aliphatic heterocycles. The van der Waals surface area contributed by atoms with Crippen molar-refractivity contribution in [1.82, 2.24) is 19.6 Å². The minimum absolute atomic E-state index is 0.133. The Bertz CT molecular complexity index is 500. The molecule has 2 fully saturated rings. The predicted octanol–water partition coefficient (Wildman–Crippen LogP) is 0.684. The predicted molar refractivity (Wildman–Crippen MR) is 79.0 cm³/mol. The molecule has 116 valence electrons. The SMILES string of the molecule is Cc1cnn(C2CN(CC(=O)N3CC(C)OC(C)C3)C2)c1. The molecule has 0 N–H and O–H groups in total. The van der Waals surface area contributed by atoms with E-state index in [1.807, 2.05) is 36.5 Å². The average Bonchev–Trinajstić information content (AvgIpc) is 2.78. The van der Waals surface area contributed by atoms with Crippen LogP contribution in [0.2, 0.25) is 0 Å². The molecule has 6 nitrogen and oxygen atoms in total. The second-order valence-electron chi connectivity index (χ2n) is 6.40. The first-order valence-corrected chi connectivity index (χ1v) is 7.67. The fraction of sp³-hybridized carbons (Fsp3) is 0.733. The van der Waals surface area contributed by atoms with Gasteiger partial charge in [-0.1, -0.05) is 0 Å². The van der Waals surface area contributed by atoms with E-state index in [2.05, 4.69) is 16.2 Å². The molecular formula is C15H24N4O2. The lowest BCUT2D eigenvalue weighted by Gasteiger charge is -2.41. The zero-order valence-electron chi connectivity index (χ0n) is 13.0. The molecule has 2 aliphatic rings. The van der Waals surface area contributed by atoms with E-state index in [9.17, 15) is 4.79 Å². The first-order valence-electron chi connectivity index (χ1n) is 7.67. The summed E-state index contributed by atoms with van der Waals surface area (Å²) in [6, 6.07) is 0.411. The largest absolute Gasteiger partial charge is 0.372 e. The van der Waals surface area contributed by atoms with Gasteiger partial charge in [0.25, 0.3) is 0 Å². The van der Waals surface area contributed by atoms with E-state index in [-0.39, 0.29) is 18.1 Å². The number of carbonyl (C=O) groups excluding carboxylic acids is 1. The van der Waals surface area contributed by atoms with Gasteiger partial charge >= 0.3 is 0 Å². The number of aromatic nitrogens is 2. The Labute approximate surface area is 125 Å². The van der Waals surface area contributed by atoms with Crippen LogP contribution in [-0.2, 0) is 9.53 Å². The summed E-state index contributed by atoms with van der Waals surface area (Å²) in [5.74, 6) is 0.215. The molecule has 2 saturated heterocycles. The van der Waals surface area contributed by atoms with Gasteiger partial charge in [0.15, 0.2) is 0 Å². The smallest absolute Gasteiger partial charge is 0.236 e.